The van der Waals surface area contributed by atoms with Crippen molar-refractivity contribution in [1.82, 2.24) is 4.72 Å². The molecule has 2 aromatic carbocycles. The number of rotatable bonds is 6. The minimum Gasteiger partial charge on any atom is -0.468 e. The number of methoxy groups -OCH3 is 1. The highest BCUT2D eigenvalue weighted by Gasteiger charge is 2.26. The van der Waals surface area contributed by atoms with Crippen LogP contribution in [0.15, 0.2) is 53.4 Å². The van der Waals surface area contributed by atoms with Gasteiger partial charge in [0.15, 0.2) is 0 Å². The molecular formula is C17H18ClNO4S. The molecule has 2 aromatic rings. The molecule has 1 atom stereocenters. The average molecular weight is 368 g/mol. The van der Waals surface area contributed by atoms with Crippen molar-refractivity contribution in [1.29, 1.82) is 0 Å². The van der Waals surface area contributed by atoms with Gasteiger partial charge >= 0.3 is 5.97 Å². The summed E-state index contributed by atoms with van der Waals surface area (Å²) in [7, 11) is -2.62. The van der Waals surface area contributed by atoms with Crippen LogP contribution < -0.4 is 4.72 Å². The van der Waals surface area contributed by atoms with Gasteiger partial charge in [0.1, 0.15) is 6.04 Å². The molecule has 0 fully saturated rings. The molecule has 24 heavy (non-hydrogen) atoms. The summed E-state index contributed by atoms with van der Waals surface area (Å²) < 4.78 is 32.2. The molecule has 1 N–H and O–H groups in total. The van der Waals surface area contributed by atoms with Crippen LogP contribution in [0.3, 0.4) is 0 Å². The zero-order chi connectivity index (χ0) is 17.7. The Morgan fingerprint density at radius 3 is 2.46 bits per heavy atom. The SMILES string of the molecule is COC(=O)C(Cc1ccc(Cl)cc1)NS(=O)(=O)c1cccc(C)c1. The van der Waals surface area contributed by atoms with Gasteiger partial charge in [0, 0.05) is 5.02 Å². The molecular weight excluding hydrogens is 350 g/mol. The highest BCUT2D eigenvalue weighted by atomic mass is 35.5. The summed E-state index contributed by atoms with van der Waals surface area (Å²) in [6.07, 6.45) is 0.162. The first-order valence-corrected chi connectivity index (χ1v) is 9.09. The minimum absolute atomic E-state index is 0.104. The molecule has 128 valence electrons. The molecule has 0 heterocycles. The Labute approximate surface area is 146 Å². The third kappa shape index (κ3) is 4.80. The number of halogens is 1. The molecule has 0 aliphatic rings. The number of carbonyl (C=O) groups is 1. The number of aryl methyl sites for hydroxylation is 1. The van der Waals surface area contributed by atoms with Gasteiger partial charge in [-0.15, -0.1) is 0 Å². The van der Waals surface area contributed by atoms with Crippen molar-refractivity contribution in [2.24, 2.45) is 0 Å². The van der Waals surface area contributed by atoms with E-state index in [4.69, 9.17) is 16.3 Å². The number of sulfonamides is 1. The first-order valence-electron chi connectivity index (χ1n) is 7.23. The quantitative estimate of drug-likeness (QED) is 0.797. The number of nitrogens with one attached hydrogen (secondary N) is 1. The molecule has 0 aliphatic carbocycles. The first kappa shape index (κ1) is 18.4. The van der Waals surface area contributed by atoms with Crippen LogP contribution >= 0.6 is 11.6 Å². The van der Waals surface area contributed by atoms with E-state index >= 15 is 0 Å². The minimum atomic E-state index is -3.84. The molecule has 5 nitrogen and oxygen atoms in total. The number of ether oxygens (including phenoxy) is 1. The second-order valence-corrected chi connectivity index (χ2v) is 7.49. The summed E-state index contributed by atoms with van der Waals surface area (Å²) in [4.78, 5) is 12.1. The van der Waals surface area contributed by atoms with Gasteiger partial charge in [-0.05, 0) is 48.7 Å². The number of hydrogen-bond acceptors (Lipinski definition) is 4. The van der Waals surface area contributed by atoms with Crippen molar-refractivity contribution in [3.05, 3.63) is 64.7 Å². The van der Waals surface area contributed by atoms with E-state index < -0.39 is 22.0 Å². The molecule has 2 rings (SSSR count). The van der Waals surface area contributed by atoms with Crippen LogP contribution in [-0.2, 0) is 26.0 Å². The van der Waals surface area contributed by atoms with E-state index in [1.54, 1.807) is 49.4 Å². The molecule has 7 heteroatoms. The van der Waals surface area contributed by atoms with Gasteiger partial charge in [-0.25, -0.2) is 8.42 Å². The van der Waals surface area contributed by atoms with Crippen molar-refractivity contribution in [2.75, 3.05) is 7.11 Å². The van der Waals surface area contributed by atoms with E-state index in [1.165, 1.54) is 13.2 Å². The largest absolute Gasteiger partial charge is 0.468 e. The maximum Gasteiger partial charge on any atom is 0.324 e. The molecule has 0 aliphatic heterocycles. The molecule has 0 saturated heterocycles. The molecule has 0 amide bonds. The lowest BCUT2D eigenvalue weighted by atomic mass is 10.1. The average Bonchev–Trinajstić information content (AvgIpc) is 2.55. The monoisotopic (exact) mass is 367 g/mol. The number of esters is 1. The Balaban J connectivity index is 2.25. The van der Waals surface area contributed by atoms with E-state index in [-0.39, 0.29) is 11.3 Å². The van der Waals surface area contributed by atoms with E-state index in [0.29, 0.717) is 5.02 Å². The van der Waals surface area contributed by atoms with Crippen LogP contribution in [0.2, 0.25) is 5.02 Å². The fourth-order valence-corrected chi connectivity index (χ4v) is 3.62. The molecule has 0 saturated carbocycles. The van der Waals surface area contributed by atoms with Crippen LogP contribution in [0.4, 0.5) is 0 Å². The predicted molar refractivity (Wildman–Crippen MR) is 92.5 cm³/mol. The van der Waals surface area contributed by atoms with E-state index in [9.17, 15) is 13.2 Å². The first-order chi connectivity index (χ1) is 11.3. The van der Waals surface area contributed by atoms with Crippen LogP contribution in [0.25, 0.3) is 0 Å². The van der Waals surface area contributed by atoms with Gasteiger partial charge in [0.05, 0.1) is 12.0 Å². The highest BCUT2D eigenvalue weighted by molar-refractivity contribution is 7.89. The van der Waals surface area contributed by atoms with E-state index in [2.05, 4.69) is 4.72 Å². The van der Waals surface area contributed by atoms with Crippen molar-refractivity contribution in [3.8, 4) is 0 Å². The second-order valence-electron chi connectivity index (χ2n) is 5.34. The summed E-state index contributed by atoms with van der Waals surface area (Å²) in [5.41, 5.74) is 1.58. The second kappa shape index (κ2) is 7.79. The smallest absolute Gasteiger partial charge is 0.324 e. The zero-order valence-corrected chi connectivity index (χ0v) is 14.9. The van der Waals surface area contributed by atoms with Gasteiger partial charge in [0.2, 0.25) is 10.0 Å². The van der Waals surface area contributed by atoms with Gasteiger partial charge in [-0.2, -0.15) is 4.72 Å². The Bertz CT molecular complexity index is 819. The number of carbonyl (C=O) groups excluding carboxylic acids is 1. The highest BCUT2D eigenvalue weighted by Crippen LogP contribution is 2.15. The zero-order valence-electron chi connectivity index (χ0n) is 13.3. The Morgan fingerprint density at radius 1 is 1.21 bits per heavy atom. The third-order valence-corrected chi connectivity index (χ3v) is 5.16. The summed E-state index contributed by atoms with van der Waals surface area (Å²) in [6, 6.07) is 12.3. The Kier molecular flexibility index (Phi) is 5.99. The normalized spacial score (nSPS) is 12.6. The van der Waals surface area contributed by atoms with E-state index in [1.807, 2.05) is 0 Å². The number of benzene rings is 2. The Morgan fingerprint density at radius 2 is 1.88 bits per heavy atom. The van der Waals surface area contributed by atoms with Gasteiger partial charge in [-0.1, -0.05) is 35.9 Å². The molecule has 0 spiro atoms. The maximum atomic E-state index is 12.5. The molecule has 1 unspecified atom stereocenters. The number of hydrogen-bond donors (Lipinski definition) is 1. The lowest BCUT2D eigenvalue weighted by Gasteiger charge is -2.17. The molecule has 0 bridgehead atoms. The summed E-state index contributed by atoms with van der Waals surface area (Å²) in [6.45, 7) is 1.80. The summed E-state index contributed by atoms with van der Waals surface area (Å²) in [5.74, 6) is -0.652. The van der Waals surface area contributed by atoms with Crippen molar-refractivity contribution in [3.63, 3.8) is 0 Å². The summed E-state index contributed by atoms with van der Waals surface area (Å²) >= 11 is 5.84. The standard InChI is InChI=1S/C17H18ClNO4S/c1-12-4-3-5-15(10-12)24(21,22)19-16(17(20)23-2)11-13-6-8-14(18)9-7-13/h3-10,16,19H,11H2,1-2H3. The summed E-state index contributed by atoms with van der Waals surface area (Å²) in [5, 5.41) is 0.564. The van der Waals surface area contributed by atoms with Crippen molar-refractivity contribution in [2.45, 2.75) is 24.3 Å². The maximum absolute atomic E-state index is 12.5. The van der Waals surface area contributed by atoms with Gasteiger partial charge in [0.25, 0.3) is 0 Å². The third-order valence-electron chi connectivity index (χ3n) is 3.44. The molecule has 0 aromatic heterocycles. The lowest BCUT2D eigenvalue weighted by molar-refractivity contribution is -0.142. The lowest BCUT2D eigenvalue weighted by Crippen LogP contribution is -2.43. The van der Waals surface area contributed by atoms with Crippen LogP contribution in [0, 0.1) is 6.92 Å². The Hall–Kier alpha value is -1.89. The van der Waals surface area contributed by atoms with Crippen LogP contribution in [-0.4, -0.2) is 27.5 Å². The molecule has 0 radical (unpaired) electrons. The fraction of sp³-hybridized carbons (Fsp3) is 0.235. The van der Waals surface area contributed by atoms with Crippen molar-refractivity contribution >= 4 is 27.6 Å². The van der Waals surface area contributed by atoms with Gasteiger partial charge < -0.3 is 4.74 Å². The fourth-order valence-electron chi connectivity index (χ4n) is 2.21. The van der Waals surface area contributed by atoms with Crippen LogP contribution in [0.1, 0.15) is 11.1 Å². The van der Waals surface area contributed by atoms with Gasteiger partial charge in [-0.3, -0.25) is 4.79 Å². The van der Waals surface area contributed by atoms with Crippen LogP contribution in [0.5, 0.6) is 0 Å². The predicted octanol–water partition coefficient (Wildman–Crippen LogP) is 2.71. The topological polar surface area (TPSA) is 72.5 Å². The van der Waals surface area contributed by atoms with E-state index in [0.717, 1.165) is 11.1 Å². The van der Waals surface area contributed by atoms with Crippen molar-refractivity contribution < 1.29 is 17.9 Å².